The Morgan fingerprint density at radius 3 is 2.50 bits per heavy atom. The second kappa shape index (κ2) is 7.88. The first-order valence-electron chi connectivity index (χ1n) is 6.57. The minimum Gasteiger partial charge on any atom is -0.497 e. The Morgan fingerprint density at radius 1 is 1.33 bits per heavy atom. The lowest BCUT2D eigenvalue weighted by Gasteiger charge is -2.12. The molecular weight excluding hydrogens is 226 g/mol. The first-order valence-corrected chi connectivity index (χ1v) is 6.57. The average Bonchev–Trinajstić information content (AvgIpc) is 2.42. The Balaban J connectivity index is 2.45. The molecule has 0 aromatic heterocycles. The van der Waals surface area contributed by atoms with Crippen LogP contribution in [0.5, 0.6) is 5.75 Å². The van der Waals surface area contributed by atoms with Crippen LogP contribution in [-0.2, 0) is 11.2 Å². The van der Waals surface area contributed by atoms with Crippen molar-refractivity contribution in [3.63, 3.8) is 0 Å². The molecule has 1 atom stereocenters. The zero-order chi connectivity index (χ0) is 13.4. The van der Waals surface area contributed by atoms with Crippen LogP contribution in [0.1, 0.15) is 31.7 Å². The van der Waals surface area contributed by atoms with Crippen molar-refractivity contribution in [3.8, 4) is 5.75 Å². The minimum atomic E-state index is 0.0354. The summed E-state index contributed by atoms with van der Waals surface area (Å²) in [6.45, 7) is 2.55. The number of rotatable bonds is 8. The Labute approximate surface area is 109 Å². The molecule has 1 rings (SSSR count). The van der Waals surface area contributed by atoms with Crippen LogP contribution in [0.2, 0.25) is 0 Å². The van der Waals surface area contributed by atoms with Gasteiger partial charge in [0.25, 0.3) is 0 Å². The Kier molecular flexibility index (Phi) is 6.44. The van der Waals surface area contributed by atoms with Crippen LogP contribution in [-0.4, -0.2) is 19.4 Å². The van der Waals surface area contributed by atoms with Crippen molar-refractivity contribution in [2.75, 3.05) is 13.7 Å². The van der Waals surface area contributed by atoms with E-state index in [9.17, 15) is 4.79 Å². The summed E-state index contributed by atoms with van der Waals surface area (Å²) in [4.78, 5) is 12.0. The molecule has 0 amide bonds. The number of hydrogen-bond donors (Lipinski definition) is 1. The summed E-state index contributed by atoms with van der Waals surface area (Å²) in [6, 6.07) is 7.85. The van der Waals surface area contributed by atoms with Crippen LogP contribution in [0, 0.1) is 5.92 Å². The summed E-state index contributed by atoms with van der Waals surface area (Å²) in [5.74, 6) is 1.17. The van der Waals surface area contributed by atoms with Gasteiger partial charge in [-0.15, -0.1) is 0 Å². The van der Waals surface area contributed by atoms with Gasteiger partial charge in [-0.05, 0) is 30.5 Å². The number of Topliss-reactive ketones (excluding diaryl/α,β-unsaturated/α-hetero) is 1. The fraction of sp³-hybridized carbons (Fsp3) is 0.533. The average molecular weight is 249 g/mol. The van der Waals surface area contributed by atoms with Gasteiger partial charge in [0, 0.05) is 18.9 Å². The quantitative estimate of drug-likeness (QED) is 0.770. The molecule has 0 saturated carbocycles. The molecule has 0 spiro atoms. The standard InChI is InChI=1S/C15H23NO2/c1-3-4-13(11-16)15(17)10-7-12-5-8-14(18-2)9-6-12/h5-6,8-9,13H,3-4,7,10-11,16H2,1-2H3. The highest BCUT2D eigenvalue weighted by Crippen LogP contribution is 2.15. The number of carbonyl (C=O) groups is 1. The highest BCUT2D eigenvalue weighted by atomic mass is 16.5. The predicted octanol–water partition coefficient (Wildman–Crippen LogP) is 2.57. The van der Waals surface area contributed by atoms with E-state index in [1.165, 1.54) is 0 Å². The summed E-state index contributed by atoms with van der Waals surface area (Å²) in [5.41, 5.74) is 6.79. The number of hydrogen-bond acceptors (Lipinski definition) is 3. The van der Waals surface area contributed by atoms with Gasteiger partial charge >= 0.3 is 0 Å². The topological polar surface area (TPSA) is 52.3 Å². The van der Waals surface area contributed by atoms with Crippen molar-refractivity contribution in [2.24, 2.45) is 11.7 Å². The van der Waals surface area contributed by atoms with Gasteiger partial charge in [-0.2, -0.15) is 0 Å². The highest BCUT2D eigenvalue weighted by Gasteiger charge is 2.15. The molecule has 0 aliphatic heterocycles. The third-order valence-corrected chi connectivity index (χ3v) is 3.20. The van der Waals surface area contributed by atoms with E-state index in [1.54, 1.807) is 7.11 Å². The van der Waals surface area contributed by atoms with Crippen molar-refractivity contribution in [2.45, 2.75) is 32.6 Å². The number of carbonyl (C=O) groups excluding carboxylic acids is 1. The molecule has 0 fully saturated rings. The molecule has 100 valence electrons. The third kappa shape index (κ3) is 4.49. The molecule has 3 nitrogen and oxygen atoms in total. The monoisotopic (exact) mass is 249 g/mol. The maximum absolute atomic E-state index is 12.0. The number of methoxy groups -OCH3 is 1. The van der Waals surface area contributed by atoms with Crippen LogP contribution < -0.4 is 10.5 Å². The Morgan fingerprint density at radius 2 is 2.00 bits per heavy atom. The summed E-state index contributed by atoms with van der Waals surface area (Å²) >= 11 is 0. The fourth-order valence-electron chi connectivity index (χ4n) is 2.02. The lowest BCUT2D eigenvalue weighted by Crippen LogP contribution is -2.23. The number of benzene rings is 1. The van der Waals surface area contributed by atoms with E-state index in [1.807, 2.05) is 24.3 Å². The smallest absolute Gasteiger partial charge is 0.137 e. The van der Waals surface area contributed by atoms with E-state index in [-0.39, 0.29) is 11.7 Å². The van der Waals surface area contributed by atoms with Gasteiger partial charge in [0.15, 0.2) is 0 Å². The molecule has 0 heterocycles. The number of ether oxygens (including phenoxy) is 1. The van der Waals surface area contributed by atoms with Crippen LogP contribution >= 0.6 is 0 Å². The molecule has 0 aliphatic rings. The van der Waals surface area contributed by atoms with E-state index < -0.39 is 0 Å². The van der Waals surface area contributed by atoms with Crippen molar-refractivity contribution in [3.05, 3.63) is 29.8 Å². The van der Waals surface area contributed by atoms with Gasteiger partial charge in [0.05, 0.1) is 7.11 Å². The lowest BCUT2D eigenvalue weighted by atomic mass is 9.94. The van der Waals surface area contributed by atoms with Crippen LogP contribution in [0.3, 0.4) is 0 Å². The molecule has 0 saturated heterocycles. The van der Waals surface area contributed by atoms with E-state index in [0.717, 1.165) is 30.6 Å². The molecular formula is C15H23NO2. The van der Waals surface area contributed by atoms with E-state index in [0.29, 0.717) is 13.0 Å². The summed E-state index contributed by atoms with van der Waals surface area (Å²) in [5, 5.41) is 0. The number of nitrogens with two attached hydrogens (primary N) is 1. The normalized spacial score (nSPS) is 12.2. The summed E-state index contributed by atoms with van der Waals surface area (Å²) in [7, 11) is 1.65. The fourth-order valence-corrected chi connectivity index (χ4v) is 2.02. The molecule has 18 heavy (non-hydrogen) atoms. The summed E-state index contributed by atoms with van der Waals surface area (Å²) < 4.78 is 5.10. The van der Waals surface area contributed by atoms with Crippen molar-refractivity contribution in [1.29, 1.82) is 0 Å². The second-order valence-electron chi connectivity index (χ2n) is 4.54. The first kappa shape index (κ1) is 14.7. The van der Waals surface area contributed by atoms with Crippen molar-refractivity contribution < 1.29 is 9.53 Å². The number of ketones is 1. The van der Waals surface area contributed by atoms with Gasteiger partial charge in [0.1, 0.15) is 11.5 Å². The highest BCUT2D eigenvalue weighted by molar-refractivity contribution is 5.81. The minimum absolute atomic E-state index is 0.0354. The van der Waals surface area contributed by atoms with Crippen molar-refractivity contribution >= 4 is 5.78 Å². The molecule has 1 unspecified atom stereocenters. The third-order valence-electron chi connectivity index (χ3n) is 3.20. The molecule has 0 bridgehead atoms. The van der Waals surface area contributed by atoms with Gasteiger partial charge in [-0.1, -0.05) is 25.5 Å². The van der Waals surface area contributed by atoms with E-state index >= 15 is 0 Å². The molecule has 1 aromatic carbocycles. The Hall–Kier alpha value is -1.35. The van der Waals surface area contributed by atoms with Crippen LogP contribution in [0.4, 0.5) is 0 Å². The zero-order valence-corrected chi connectivity index (χ0v) is 11.3. The van der Waals surface area contributed by atoms with Gasteiger partial charge in [0.2, 0.25) is 0 Å². The van der Waals surface area contributed by atoms with Gasteiger partial charge < -0.3 is 10.5 Å². The second-order valence-corrected chi connectivity index (χ2v) is 4.54. The zero-order valence-electron chi connectivity index (χ0n) is 11.3. The number of aryl methyl sites for hydroxylation is 1. The van der Waals surface area contributed by atoms with Gasteiger partial charge in [-0.3, -0.25) is 4.79 Å². The maximum Gasteiger partial charge on any atom is 0.137 e. The van der Waals surface area contributed by atoms with Gasteiger partial charge in [-0.25, -0.2) is 0 Å². The maximum atomic E-state index is 12.0. The predicted molar refractivity (Wildman–Crippen MR) is 73.8 cm³/mol. The lowest BCUT2D eigenvalue weighted by molar-refractivity contribution is -0.122. The SMILES string of the molecule is CCCC(CN)C(=O)CCc1ccc(OC)cc1. The molecule has 0 aliphatic carbocycles. The van der Waals surface area contributed by atoms with Crippen LogP contribution in [0.15, 0.2) is 24.3 Å². The molecule has 1 aromatic rings. The molecule has 3 heteroatoms. The first-order chi connectivity index (χ1) is 8.71. The summed E-state index contributed by atoms with van der Waals surface area (Å²) in [6.07, 6.45) is 3.27. The molecule has 2 N–H and O–H groups in total. The van der Waals surface area contributed by atoms with Crippen molar-refractivity contribution in [1.82, 2.24) is 0 Å². The largest absolute Gasteiger partial charge is 0.497 e. The van der Waals surface area contributed by atoms with E-state index in [4.69, 9.17) is 10.5 Å². The van der Waals surface area contributed by atoms with Crippen LogP contribution in [0.25, 0.3) is 0 Å². The van der Waals surface area contributed by atoms with E-state index in [2.05, 4.69) is 6.92 Å². The molecule has 0 radical (unpaired) electrons. The Bertz CT molecular complexity index is 359.